The number of nitrogens with zero attached hydrogens (tertiary/aromatic N) is 1. The Labute approximate surface area is 145 Å². The zero-order valence-electron chi connectivity index (χ0n) is 16.4. The van der Waals surface area contributed by atoms with Crippen molar-refractivity contribution in [3.8, 4) is 0 Å². The molecule has 24 heavy (non-hydrogen) atoms. The number of amides is 1. The fourth-order valence-electron chi connectivity index (χ4n) is 3.03. The van der Waals surface area contributed by atoms with Gasteiger partial charge in [0.15, 0.2) is 0 Å². The Morgan fingerprint density at radius 3 is 2.29 bits per heavy atom. The molecule has 1 aliphatic heterocycles. The highest BCUT2D eigenvalue weighted by Gasteiger charge is 2.47. The van der Waals surface area contributed by atoms with E-state index < -0.39 is 11.3 Å². The first-order chi connectivity index (χ1) is 10.8. The molecule has 0 aromatic rings. The Balaban J connectivity index is 2.85. The summed E-state index contributed by atoms with van der Waals surface area (Å²) in [5.74, 6) is -0.218. The van der Waals surface area contributed by atoms with Crippen LogP contribution in [0.4, 0.5) is 4.79 Å². The summed E-state index contributed by atoms with van der Waals surface area (Å²) in [7, 11) is 0. The average Bonchev–Trinajstić information content (AvgIpc) is 2.60. The molecule has 0 spiro atoms. The van der Waals surface area contributed by atoms with Crippen LogP contribution in [-0.4, -0.2) is 47.5 Å². The highest BCUT2D eigenvalue weighted by atomic mass is 16.6. The van der Waals surface area contributed by atoms with Crippen LogP contribution in [-0.2, 0) is 19.0 Å². The summed E-state index contributed by atoms with van der Waals surface area (Å²) in [5.41, 5.74) is -1.60. The highest BCUT2D eigenvalue weighted by molar-refractivity contribution is 5.71. The molecule has 0 radical (unpaired) electrons. The minimum Gasteiger partial charge on any atom is -0.466 e. The third kappa shape index (κ3) is 5.96. The van der Waals surface area contributed by atoms with Crippen LogP contribution in [0.1, 0.15) is 68.2 Å². The molecule has 0 aliphatic carbocycles. The van der Waals surface area contributed by atoms with E-state index in [4.69, 9.17) is 14.2 Å². The maximum Gasteiger partial charge on any atom is 0.412 e. The summed E-state index contributed by atoms with van der Waals surface area (Å²) in [5, 5.41) is 0. The SMILES string of the molecule is CCOC(=O)CC(C)(C)CC1COC(C)(C)N1C(=O)OC(C)(C)C. The van der Waals surface area contributed by atoms with Crippen molar-refractivity contribution in [2.75, 3.05) is 13.2 Å². The smallest absolute Gasteiger partial charge is 0.412 e. The molecule has 1 aliphatic rings. The van der Waals surface area contributed by atoms with Gasteiger partial charge in [0.25, 0.3) is 0 Å². The third-order valence-corrected chi connectivity index (χ3v) is 3.88. The van der Waals surface area contributed by atoms with Crippen molar-refractivity contribution < 1.29 is 23.8 Å². The lowest BCUT2D eigenvalue weighted by Gasteiger charge is -2.37. The number of carbonyl (C=O) groups is 2. The Bertz CT molecular complexity index is 465. The third-order valence-electron chi connectivity index (χ3n) is 3.88. The maximum atomic E-state index is 12.6. The summed E-state index contributed by atoms with van der Waals surface area (Å²) in [6.07, 6.45) is 0.552. The second-order valence-electron chi connectivity index (χ2n) is 8.61. The molecule has 1 rings (SSSR count). The molecule has 140 valence electrons. The number of esters is 1. The lowest BCUT2D eigenvalue weighted by atomic mass is 9.82. The first-order valence-corrected chi connectivity index (χ1v) is 8.59. The van der Waals surface area contributed by atoms with Gasteiger partial charge in [0.1, 0.15) is 11.3 Å². The molecular formula is C18H33NO5. The van der Waals surface area contributed by atoms with Crippen LogP contribution in [0, 0.1) is 5.41 Å². The largest absolute Gasteiger partial charge is 0.466 e. The van der Waals surface area contributed by atoms with Crippen LogP contribution in [0.3, 0.4) is 0 Å². The van der Waals surface area contributed by atoms with E-state index in [1.165, 1.54) is 0 Å². The molecule has 0 bridgehead atoms. The van der Waals surface area contributed by atoms with Gasteiger partial charge in [0.05, 0.1) is 25.7 Å². The van der Waals surface area contributed by atoms with Crippen LogP contribution in [0.2, 0.25) is 0 Å². The van der Waals surface area contributed by atoms with Crippen molar-refractivity contribution in [1.29, 1.82) is 0 Å². The molecule has 1 amide bonds. The number of carbonyl (C=O) groups excluding carboxylic acids is 2. The number of rotatable bonds is 5. The van der Waals surface area contributed by atoms with E-state index in [0.717, 1.165) is 0 Å². The second-order valence-corrected chi connectivity index (χ2v) is 8.61. The van der Waals surface area contributed by atoms with Crippen molar-refractivity contribution >= 4 is 12.1 Å². The molecule has 1 heterocycles. The van der Waals surface area contributed by atoms with Gasteiger partial charge in [-0.05, 0) is 53.4 Å². The summed E-state index contributed by atoms with van der Waals surface area (Å²) in [6.45, 7) is 15.8. The summed E-state index contributed by atoms with van der Waals surface area (Å²) in [4.78, 5) is 26.1. The van der Waals surface area contributed by atoms with Gasteiger partial charge in [-0.1, -0.05) is 13.8 Å². The number of hydrogen-bond donors (Lipinski definition) is 0. The molecule has 0 aromatic heterocycles. The van der Waals surface area contributed by atoms with Crippen molar-refractivity contribution in [3.63, 3.8) is 0 Å². The Kier molecular flexibility index (Phi) is 6.31. The number of hydrogen-bond acceptors (Lipinski definition) is 5. The molecule has 1 atom stereocenters. The Hall–Kier alpha value is -1.30. The van der Waals surface area contributed by atoms with Gasteiger partial charge in [0.2, 0.25) is 0 Å². The average molecular weight is 343 g/mol. The first-order valence-electron chi connectivity index (χ1n) is 8.59. The van der Waals surface area contributed by atoms with E-state index in [1.54, 1.807) is 11.8 Å². The Morgan fingerprint density at radius 2 is 1.79 bits per heavy atom. The number of ether oxygens (including phenoxy) is 3. The van der Waals surface area contributed by atoms with Gasteiger partial charge in [0, 0.05) is 0 Å². The summed E-state index contributed by atoms with van der Waals surface area (Å²) < 4.78 is 16.4. The van der Waals surface area contributed by atoms with Crippen LogP contribution in [0.5, 0.6) is 0 Å². The molecule has 6 heteroatoms. The van der Waals surface area contributed by atoms with E-state index in [-0.39, 0.29) is 23.5 Å². The molecule has 1 unspecified atom stereocenters. The van der Waals surface area contributed by atoms with Gasteiger partial charge in [-0.3, -0.25) is 9.69 Å². The van der Waals surface area contributed by atoms with Gasteiger partial charge in [-0.25, -0.2) is 4.79 Å². The molecule has 1 saturated heterocycles. The van der Waals surface area contributed by atoms with Gasteiger partial charge < -0.3 is 14.2 Å². The second kappa shape index (κ2) is 7.30. The van der Waals surface area contributed by atoms with E-state index in [1.807, 2.05) is 48.5 Å². The minimum absolute atomic E-state index is 0.140. The monoisotopic (exact) mass is 343 g/mol. The Morgan fingerprint density at radius 1 is 1.21 bits per heavy atom. The standard InChI is InChI=1S/C18H33NO5/c1-9-22-14(20)11-17(5,6)10-13-12-23-18(7,8)19(13)15(21)24-16(2,3)4/h13H,9-12H2,1-8H3. The van der Waals surface area contributed by atoms with Crippen molar-refractivity contribution in [2.45, 2.75) is 85.6 Å². The van der Waals surface area contributed by atoms with E-state index >= 15 is 0 Å². The van der Waals surface area contributed by atoms with Crippen LogP contribution in [0.25, 0.3) is 0 Å². The zero-order valence-corrected chi connectivity index (χ0v) is 16.4. The van der Waals surface area contributed by atoms with E-state index in [2.05, 4.69) is 0 Å². The summed E-state index contributed by atoms with van der Waals surface area (Å²) in [6, 6.07) is -0.140. The van der Waals surface area contributed by atoms with Crippen LogP contribution < -0.4 is 0 Å². The molecular weight excluding hydrogens is 310 g/mol. The topological polar surface area (TPSA) is 65.1 Å². The lowest BCUT2D eigenvalue weighted by Crippen LogP contribution is -2.50. The molecule has 6 nitrogen and oxygen atoms in total. The highest BCUT2D eigenvalue weighted by Crippen LogP contribution is 2.37. The lowest BCUT2D eigenvalue weighted by molar-refractivity contribution is -0.145. The van der Waals surface area contributed by atoms with Gasteiger partial charge in [-0.15, -0.1) is 0 Å². The normalized spacial score (nSPS) is 20.8. The summed E-state index contributed by atoms with van der Waals surface area (Å²) >= 11 is 0. The fraction of sp³-hybridized carbons (Fsp3) is 0.889. The molecule has 1 fully saturated rings. The minimum atomic E-state index is -0.729. The molecule has 0 aromatic carbocycles. The maximum absolute atomic E-state index is 12.6. The quantitative estimate of drug-likeness (QED) is 0.712. The van der Waals surface area contributed by atoms with Crippen molar-refractivity contribution in [2.24, 2.45) is 5.41 Å². The van der Waals surface area contributed by atoms with Gasteiger partial charge >= 0.3 is 12.1 Å². The zero-order chi connectivity index (χ0) is 18.8. The van der Waals surface area contributed by atoms with Crippen LogP contribution >= 0.6 is 0 Å². The van der Waals surface area contributed by atoms with Crippen molar-refractivity contribution in [3.05, 3.63) is 0 Å². The predicted octanol–water partition coefficient (Wildman–Crippen LogP) is 3.73. The molecule has 0 N–H and O–H groups in total. The molecule has 0 saturated carbocycles. The van der Waals surface area contributed by atoms with E-state index in [9.17, 15) is 9.59 Å². The predicted molar refractivity (Wildman–Crippen MR) is 91.5 cm³/mol. The van der Waals surface area contributed by atoms with Crippen LogP contribution in [0.15, 0.2) is 0 Å². The van der Waals surface area contributed by atoms with E-state index in [0.29, 0.717) is 26.1 Å². The first kappa shape index (κ1) is 20.7. The van der Waals surface area contributed by atoms with Crippen molar-refractivity contribution in [1.82, 2.24) is 4.90 Å². The fourth-order valence-corrected chi connectivity index (χ4v) is 3.03. The van der Waals surface area contributed by atoms with Gasteiger partial charge in [-0.2, -0.15) is 0 Å².